The topological polar surface area (TPSA) is 88.9 Å². The summed E-state index contributed by atoms with van der Waals surface area (Å²) in [6.07, 6.45) is 1.64. The molecule has 0 saturated carbocycles. The Labute approximate surface area is 203 Å². The highest BCUT2D eigenvalue weighted by Gasteiger charge is 2.35. The lowest BCUT2D eigenvalue weighted by atomic mass is 9.93. The first-order valence-electron chi connectivity index (χ1n) is 10.7. The van der Waals surface area contributed by atoms with E-state index < -0.39 is 11.8 Å². The summed E-state index contributed by atoms with van der Waals surface area (Å²) < 4.78 is 16.7. The maximum absolute atomic E-state index is 13.1. The second-order valence-electron chi connectivity index (χ2n) is 7.44. The maximum atomic E-state index is 13.1. The zero-order valence-electron chi connectivity index (χ0n) is 19.3. The smallest absolute Gasteiger partial charge is 0.271 e. The van der Waals surface area contributed by atoms with Crippen molar-refractivity contribution >= 4 is 29.5 Å². The number of carbonyl (C=O) groups excluding carboxylic acids is 2. The number of halogens is 1. The van der Waals surface area contributed by atoms with Crippen molar-refractivity contribution in [3.8, 4) is 17.6 Å². The summed E-state index contributed by atoms with van der Waals surface area (Å²) in [6, 6.07) is 14.6. The van der Waals surface area contributed by atoms with Crippen molar-refractivity contribution in [1.29, 1.82) is 5.26 Å². The summed E-state index contributed by atoms with van der Waals surface area (Å²) in [4.78, 5) is 26.7. The van der Waals surface area contributed by atoms with Crippen LogP contribution in [0.15, 0.2) is 59.2 Å². The summed E-state index contributed by atoms with van der Waals surface area (Å²) in [5, 5.41) is 10.1. The number of hydrogen-bond donors (Lipinski definition) is 0. The molecule has 2 aromatic rings. The molecular formula is C26H25ClN2O5. The Hall–Kier alpha value is -3.60. The molecule has 0 spiro atoms. The van der Waals surface area contributed by atoms with Crippen LogP contribution in [0.2, 0.25) is 5.02 Å². The molecule has 2 aromatic carbocycles. The van der Waals surface area contributed by atoms with Crippen LogP contribution in [0.4, 0.5) is 0 Å². The number of hydrogen-bond acceptors (Lipinski definition) is 6. The van der Waals surface area contributed by atoms with Gasteiger partial charge in [0.25, 0.3) is 11.8 Å². The average molecular weight is 481 g/mol. The largest absolute Gasteiger partial charge is 0.490 e. The van der Waals surface area contributed by atoms with Crippen LogP contribution < -0.4 is 9.47 Å². The molecule has 0 fully saturated rings. The monoisotopic (exact) mass is 480 g/mol. The number of imide groups is 1. The second kappa shape index (κ2) is 11.5. The third-order valence-electron chi connectivity index (χ3n) is 5.26. The van der Waals surface area contributed by atoms with E-state index in [0.717, 1.165) is 10.5 Å². The van der Waals surface area contributed by atoms with Gasteiger partial charge in [0.15, 0.2) is 11.5 Å². The van der Waals surface area contributed by atoms with Gasteiger partial charge < -0.3 is 14.2 Å². The predicted octanol–water partition coefficient (Wildman–Crippen LogP) is 4.56. The van der Waals surface area contributed by atoms with Crippen molar-refractivity contribution in [2.24, 2.45) is 0 Å². The quantitative estimate of drug-likeness (QED) is 0.386. The molecule has 3 rings (SSSR count). The van der Waals surface area contributed by atoms with E-state index in [4.69, 9.17) is 25.8 Å². The summed E-state index contributed by atoms with van der Waals surface area (Å²) in [5.74, 6) is -0.0598. The number of nitrogens with zero attached hydrogens (tertiary/aromatic N) is 2. The van der Waals surface area contributed by atoms with E-state index in [0.29, 0.717) is 34.3 Å². The summed E-state index contributed by atoms with van der Waals surface area (Å²) >= 11 is 6.22. The molecule has 1 aliphatic rings. The molecule has 8 heteroatoms. The standard InChI is InChI=1S/C26H25ClN2O5/c1-4-33-24-14-18(9-10-23(24)34-16-19-7-5-6-8-22(19)27)13-20-17(2)21(15-28)26(31)29(25(20)30)11-12-32-3/h5-10,13-14H,4,11-12,16H2,1-3H3/b20-13+. The first-order valence-corrected chi connectivity index (χ1v) is 11.1. The lowest BCUT2D eigenvalue weighted by Crippen LogP contribution is -2.44. The molecule has 0 bridgehead atoms. The van der Waals surface area contributed by atoms with Gasteiger partial charge in [-0.05, 0) is 49.3 Å². The van der Waals surface area contributed by atoms with Gasteiger partial charge in [-0.15, -0.1) is 0 Å². The molecule has 176 valence electrons. The highest BCUT2D eigenvalue weighted by molar-refractivity contribution is 6.31. The van der Waals surface area contributed by atoms with Crippen molar-refractivity contribution in [2.45, 2.75) is 20.5 Å². The van der Waals surface area contributed by atoms with Crippen molar-refractivity contribution in [1.82, 2.24) is 4.90 Å². The molecule has 0 saturated heterocycles. The Balaban J connectivity index is 1.94. The molecule has 1 aliphatic heterocycles. The second-order valence-corrected chi connectivity index (χ2v) is 7.85. The van der Waals surface area contributed by atoms with Gasteiger partial charge in [0.2, 0.25) is 0 Å². The minimum Gasteiger partial charge on any atom is -0.490 e. The molecule has 0 aromatic heterocycles. The lowest BCUT2D eigenvalue weighted by molar-refractivity contribution is -0.141. The average Bonchev–Trinajstić information content (AvgIpc) is 2.83. The zero-order chi connectivity index (χ0) is 24.7. The fourth-order valence-corrected chi connectivity index (χ4v) is 3.65. The van der Waals surface area contributed by atoms with Crippen LogP contribution >= 0.6 is 11.6 Å². The minimum atomic E-state index is -0.613. The Morgan fingerprint density at radius 3 is 2.53 bits per heavy atom. The Bertz CT molecular complexity index is 1200. The van der Waals surface area contributed by atoms with Gasteiger partial charge in [0.1, 0.15) is 18.2 Å². The van der Waals surface area contributed by atoms with Crippen molar-refractivity contribution in [3.05, 3.63) is 75.3 Å². The highest BCUT2D eigenvalue weighted by atomic mass is 35.5. The Morgan fingerprint density at radius 2 is 1.85 bits per heavy atom. The van der Waals surface area contributed by atoms with Crippen molar-refractivity contribution < 1.29 is 23.8 Å². The first-order chi connectivity index (χ1) is 16.4. The van der Waals surface area contributed by atoms with E-state index in [2.05, 4.69) is 0 Å². The summed E-state index contributed by atoms with van der Waals surface area (Å²) in [6.45, 7) is 4.37. The number of carbonyl (C=O) groups is 2. The molecule has 0 N–H and O–H groups in total. The first kappa shape index (κ1) is 25.0. The normalized spacial score (nSPS) is 15.0. The highest BCUT2D eigenvalue weighted by Crippen LogP contribution is 2.33. The van der Waals surface area contributed by atoms with Crippen LogP contribution in [0.5, 0.6) is 11.5 Å². The molecule has 0 unspecified atom stereocenters. The van der Waals surface area contributed by atoms with E-state index in [1.165, 1.54) is 7.11 Å². The lowest BCUT2D eigenvalue weighted by Gasteiger charge is -2.27. The van der Waals surface area contributed by atoms with Gasteiger partial charge in [-0.25, -0.2) is 0 Å². The molecule has 0 radical (unpaired) electrons. The van der Waals surface area contributed by atoms with E-state index in [1.54, 1.807) is 37.3 Å². The molecule has 0 atom stereocenters. The molecule has 34 heavy (non-hydrogen) atoms. The number of amides is 2. The van der Waals surface area contributed by atoms with E-state index in [9.17, 15) is 14.9 Å². The molecule has 2 amide bonds. The number of benzene rings is 2. The minimum absolute atomic E-state index is 0.0585. The van der Waals surface area contributed by atoms with Gasteiger partial charge in [0.05, 0.1) is 19.8 Å². The Morgan fingerprint density at radius 1 is 1.09 bits per heavy atom. The molecule has 0 aliphatic carbocycles. The SMILES string of the molecule is CCOc1cc(/C=C2/C(=O)N(CCOC)C(=O)C(C#N)=C2C)ccc1OCc1ccccc1Cl. The van der Waals surface area contributed by atoms with Gasteiger partial charge in [-0.1, -0.05) is 35.9 Å². The maximum Gasteiger partial charge on any atom is 0.271 e. The molecule has 7 nitrogen and oxygen atoms in total. The van der Waals surface area contributed by atoms with Crippen molar-refractivity contribution in [3.63, 3.8) is 0 Å². The van der Waals surface area contributed by atoms with Crippen LogP contribution in [-0.2, 0) is 20.9 Å². The summed E-state index contributed by atoms with van der Waals surface area (Å²) in [5.41, 5.74) is 2.04. The predicted molar refractivity (Wildman–Crippen MR) is 128 cm³/mol. The van der Waals surface area contributed by atoms with Crippen LogP contribution in [0.1, 0.15) is 25.0 Å². The number of methoxy groups -OCH3 is 1. The van der Waals surface area contributed by atoms with E-state index in [-0.39, 0.29) is 30.9 Å². The molecular weight excluding hydrogens is 456 g/mol. The number of ether oxygens (including phenoxy) is 3. The third kappa shape index (κ3) is 5.48. The van der Waals surface area contributed by atoms with Crippen LogP contribution in [0.3, 0.4) is 0 Å². The van der Waals surface area contributed by atoms with E-state index in [1.807, 2.05) is 31.2 Å². The van der Waals surface area contributed by atoms with Gasteiger partial charge >= 0.3 is 0 Å². The fourth-order valence-electron chi connectivity index (χ4n) is 3.45. The van der Waals surface area contributed by atoms with Crippen LogP contribution in [0, 0.1) is 11.3 Å². The van der Waals surface area contributed by atoms with Crippen LogP contribution in [-0.4, -0.2) is 43.6 Å². The Kier molecular flexibility index (Phi) is 8.47. The zero-order valence-corrected chi connectivity index (χ0v) is 20.0. The van der Waals surface area contributed by atoms with E-state index >= 15 is 0 Å². The number of nitriles is 1. The molecule has 1 heterocycles. The van der Waals surface area contributed by atoms with Gasteiger partial charge in [-0.2, -0.15) is 5.26 Å². The third-order valence-corrected chi connectivity index (χ3v) is 5.63. The summed E-state index contributed by atoms with van der Waals surface area (Å²) in [7, 11) is 1.48. The number of rotatable bonds is 9. The van der Waals surface area contributed by atoms with Crippen LogP contribution in [0.25, 0.3) is 6.08 Å². The fraction of sp³-hybridized carbons (Fsp3) is 0.269. The van der Waals surface area contributed by atoms with Crippen molar-refractivity contribution in [2.75, 3.05) is 26.9 Å². The van der Waals surface area contributed by atoms with Gasteiger partial charge in [0, 0.05) is 23.3 Å². The van der Waals surface area contributed by atoms with Gasteiger partial charge in [-0.3, -0.25) is 14.5 Å².